The first-order valence-corrected chi connectivity index (χ1v) is 3.50. The van der Waals surface area contributed by atoms with Crippen LogP contribution in [0.15, 0.2) is 22.4 Å². The summed E-state index contributed by atoms with van der Waals surface area (Å²) in [5, 5.41) is 0. The highest BCUT2D eigenvalue weighted by molar-refractivity contribution is 5.89. The summed E-state index contributed by atoms with van der Waals surface area (Å²) < 4.78 is 0. The molecule has 0 aliphatic carbocycles. The quantitative estimate of drug-likeness (QED) is 0.527. The van der Waals surface area contributed by atoms with E-state index in [-0.39, 0.29) is 5.41 Å². The van der Waals surface area contributed by atoms with E-state index in [1.54, 1.807) is 12.4 Å². The molecule has 1 aliphatic rings. The molecule has 1 rings (SSSR count). The predicted molar refractivity (Wildman–Crippen MR) is 44.5 cm³/mol. The van der Waals surface area contributed by atoms with Gasteiger partial charge in [0.25, 0.3) is 0 Å². The van der Waals surface area contributed by atoms with Crippen LogP contribution in [-0.4, -0.2) is 12.4 Å². The number of nitrogens with zero attached hydrogens (tertiary/aromatic N) is 2. The topological polar surface area (TPSA) is 24.7 Å². The second-order valence-corrected chi connectivity index (χ2v) is 2.71. The zero-order valence-corrected chi connectivity index (χ0v) is 6.41. The van der Waals surface area contributed by atoms with E-state index in [1.165, 1.54) is 0 Å². The standard InChI is InChI=1S/C8H12N2/c1-3-8(2)6-9-4-5-10-7-8/h4-7H,3H2,1-2H3. The van der Waals surface area contributed by atoms with Crippen LogP contribution < -0.4 is 0 Å². The van der Waals surface area contributed by atoms with Crippen molar-refractivity contribution < 1.29 is 0 Å². The minimum atomic E-state index is 0.0590. The summed E-state index contributed by atoms with van der Waals surface area (Å²) in [5.74, 6) is 0. The molecule has 1 aliphatic heterocycles. The summed E-state index contributed by atoms with van der Waals surface area (Å²) in [5.41, 5.74) is 0.0590. The van der Waals surface area contributed by atoms with Crippen molar-refractivity contribution >= 4 is 12.4 Å². The van der Waals surface area contributed by atoms with E-state index in [9.17, 15) is 0 Å². The van der Waals surface area contributed by atoms with Crippen molar-refractivity contribution in [2.45, 2.75) is 20.3 Å². The third-order valence-electron chi connectivity index (χ3n) is 1.74. The Labute approximate surface area is 61.4 Å². The Morgan fingerprint density at radius 3 is 2.10 bits per heavy atom. The minimum Gasteiger partial charge on any atom is -0.267 e. The van der Waals surface area contributed by atoms with Crippen LogP contribution in [-0.2, 0) is 0 Å². The fourth-order valence-electron chi connectivity index (χ4n) is 0.720. The van der Waals surface area contributed by atoms with Gasteiger partial charge in [-0.05, 0) is 13.3 Å². The summed E-state index contributed by atoms with van der Waals surface area (Å²) in [6.45, 7) is 4.25. The summed E-state index contributed by atoms with van der Waals surface area (Å²) in [6.07, 6.45) is 8.32. The zero-order valence-electron chi connectivity index (χ0n) is 6.41. The van der Waals surface area contributed by atoms with E-state index < -0.39 is 0 Å². The number of hydrogen-bond acceptors (Lipinski definition) is 2. The molecule has 0 saturated heterocycles. The van der Waals surface area contributed by atoms with E-state index >= 15 is 0 Å². The van der Waals surface area contributed by atoms with Crippen LogP contribution in [0.5, 0.6) is 0 Å². The first kappa shape index (κ1) is 7.19. The SMILES string of the molecule is CCC1(C)C=NC=CN=C1. The lowest BCUT2D eigenvalue weighted by Gasteiger charge is -2.14. The summed E-state index contributed by atoms with van der Waals surface area (Å²) in [6, 6.07) is 0. The van der Waals surface area contributed by atoms with Crippen LogP contribution in [0.1, 0.15) is 20.3 Å². The lowest BCUT2D eigenvalue weighted by Crippen LogP contribution is -2.17. The minimum absolute atomic E-state index is 0.0590. The maximum absolute atomic E-state index is 4.06. The smallest absolute Gasteiger partial charge is 0.0447 e. The lowest BCUT2D eigenvalue weighted by molar-refractivity contribution is 0.644. The fourth-order valence-corrected chi connectivity index (χ4v) is 0.720. The van der Waals surface area contributed by atoms with Crippen molar-refractivity contribution in [1.82, 2.24) is 0 Å². The van der Waals surface area contributed by atoms with Crippen LogP contribution in [0.3, 0.4) is 0 Å². The van der Waals surface area contributed by atoms with E-state index in [2.05, 4.69) is 23.8 Å². The second-order valence-electron chi connectivity index (χ2n) is 2.71. The molecule has 2 nitrogen and oxygen atoms in total. The Hall–Kier alpha value is -0.920. The molecule has 0 unspecified atom stereocenters. The average molecular weight is 136 g/mol. The molecule has 54 valence electrons. The van der Waals surface area contributed by atoms with Crippen molar-refractivity contribution in [3.8, 4) is 0 Å². The molecule has 0 spiro atoms. The maximum Gasteiger partial charge on any atom is 0.0447 e. The van der Waals surface area contributed by atoms with Gasteiger partial charge in [-0.15, -0.1) is 0 Å². The molecule has 0 radical (unpaired) electrons. The molecule has 0 atom stereocenters. The van der Waals surface area contributed by atoms with Crippen molar-refractivity contribution in [3.63, 3.8) is 0 Å². The monoisotopic (exact) mass is 136 g/mol. The van der Waals surface area contributed by atoms with E-state index in [1.807, 2.05) is 12.4 Å². The predicted octanol–water partition coefficient (Wildman–Crippen LogP) is 2.03. The Balaban J connectivity index is 2.80. The van der Waals surface area contributed by atoms with Crippen LogP contribution >= 0.6 is 0 Å². The highest BCUT2D eigenvalue weighted by Gasteiger charge is 2.16. The Morgan fingerprint density at radius 2 is 1.70 bits per heavy atom. The average Bonchev–Trinajstić information content (AvgIpc) is 2.15. The normalized spacial score (nSPS) is 21.0. The molecule has 2 heteroatoms. The molecule has 0 saturated carbocycles. The number of hydrogen-bond donors (Lipinski definition) is 0. The van der Waals surface area contributed by atoms with E-state index in [0.717, 1.165) is 6.42 Å². The summed E-state index contributed by atoms with van der Waals surface area (Å²) in [4.78, 5) is 8.13. The van der Waals surface area contributed by atoms with Gasteiger partial charge >= 0.3 is 0 Å². The second kappa shape index (κ2) is 2.78. The third kappa shape index (κ3) is 1.53. The van der Waals surface area contributed by atoms with E-state index in [0.29, 0.717) is 0 Å². The van der Waals surface area contributed by atoms with Crippen molar-refractivity contribution in [3.05, 3.63) is 12.4 Å². The largest absolute Gasteiger partial charge is 0.267 e. The number of aliphatic imine (C=N–C) groups is 2. The van der Waals surface area contributed by atoms with Crippen molar-refractivity contribution in [2.75, 3.05) is 0 Å². The molecule has 0 amide bonds. The van der Waals surface area contributed by atoms with Gasteiger partial charge in [0, 0.05) is 30.2 Å². The highest BCUT2D eigenvalue weighted by atomic mass is 14.8. The maximum atomic E-state index is 4.06. The van der Waals surface area contributed by atoms with Gasteiger partial charge in [0.05, 0.1) is 0 Å². The van der Waals surface area contributed by atoms with Crippen LogP contribution in [0, 0.1) is 5.41 Å². The first-order valence-electron chi connectivity index (χ1n) is 3.50. The van der Waals surface area contributed by atoms with Gasteiger partial charge in [-0.3, -0.25) is 9.98 Å². The van der Waals surface area contributed by atoms with Gasteiger partial charge in [-0.25, -0.2) is 0 Å². The summed E-state index contributed by atoms with van der Waals surface area (Å²) in [7, 11) is 0. The fraction of sp³-hybridized carbons (Fsp3) is 0.500. The van der Waals surface area contributed by atoms with Crippen LogP contribution in [0.2, 0.25) is 0 Å². The molecule has 1 heterocycles. The Bertz CT molecular complexity index is 173. The Kier molecular flexibility index (Phi) is 2.00. The molecule has 0 aromatic rings. The molecule has 0 aromatic heterocycles. The van der Waals surface area contributed by atoms with Crippen molar-refractivity contribution in [1.29, 1.82) is 0 Å². The molecule has 0 fully saturated rings. The highest BCUT2D eigenvalue weighted by Crippen LogP contribution is 2.16. The van der Waals surface area contributed by atoms with Gasteiger partial charge in [-0.1, -0.05) is 6.92 Å². The first-order chi connectivity index (χ1) is 4.77. The van der Waals surface area contributed by atoms with Gasteiger partial charge in [0.2, 0.25) is 0 Å². The van der Waals surface area contributed by atoms with E-state index in [4.69, 9.17) is 0 Å². The molecule has 10 heavy (non-hydrogen) atoms. The molecule has 0 bridgehead atoms. The van der Waals surface area contributed by atoms with Crippen LogP contribution in [0.4, 0.5) is 0 Å². The van der Waals surface area contributed by atoms with Crippen LogP contribution in [0.25, 0.3) is 0 Å². The molecule has 0 aromatic carbocycles. The lowest BCUT2D eigenvalue weighted by atomic mass is 9.91. The van der Waals surface area contributed by atoms with Gasteiger partial charge in [-0.2, -0.15) is 0 Å². The van der Waals surface area contributed by atoms with Gasteiger partial charge in [0.1, 0.15) is 0 Å². The van der Waals surface area contributed by atoms with Crippen molar-refractivity contribution in [2.24, 2.45) is 15.4 Å². The Morgan fingerprint density at radius 1 is 1.20 bits per heavy atom. The van der Waals surface area contributed by atoms with Gasteiger partial charge < -0.3 is 0 Å². The third-order valence-corrected chi connectivity index (χ3v) is 1.74. The molecular formula is C8H12N2. The van der Waals surface area contributed by atoms with Gasteiger partial charge in [0.15, 0.2) is 0 Å². The summed E-state index contributed by atoms with van der Waals surface area (Å²) >= 11 is 0. The zero-order chi connectivity index (χ0) is 7.45. The number of rotatable bonds is 1. The molecule has 0 N–H and O–H groups in total. The molecular weight excluding hydrogens is 124 g/mol.